The minimum absolute atomic E-state index is 0.101. The smallest absolute Gasteiger partial charge is 0.221 e. The number of aromatic nitrogens is 3. The largest absolute Gasteiger partial charge is 0.368 e. The summed E-state index contributed by atoms with van der Waals surface area (Å²) in [7, 11) is 0. The number of aromatic amines is 1. The van der Waals surface area contributed by atoms with Gasteiger partial charge >= 0.3 is 0 Å². The topological polar surface area (TPSA) is 82.7 Å². The maximum absolute atomic E-state index is 11.3. The number of rotatable bonds is 6. The summed E-state index contributed by atoms with van der Waals surface area (Å²) in [5, 5.41) is 7.38. The summed E-state index contributed by atoms with van der Waals surface area (Å²) in [5.41, 5.74) is 4.82. The maximum atomic E-state index is 11.3. The monoisotopic (exact) mass is 371 g/mol. The van der Waals surface area contributed by atoms with Crippen LogP contribution in [0.4, 0.5) is 11.5 Å². The first kappa shape index (κ1) is 17.7. The first-order valence-corrected chi connectivity index (χ1v) is 9.18. The highest BCUT2D eigenvalue weighted by atomic mass is 16.1. The molecule has 0 atom stereocenters. The Balaban J connectivity index is 1.45. The standard InChI is InChI=1S/C22H21N5O/c1-15(28)26-18-6-4-5-16(11-18)21-13-23-14-22(27-21)24-10-9-17-12-25-20-8-3-2-7-19(17)20/h2-8,11-14,25H,9-10H2,1H3,(H,24,27)(H,26,28). The SMILES string of the molecule is CC(=O)Nc1cccc(-c2cncc(NCCc3c[nH]c4ccccc34)n2)c1. The number of para-hydroxylation sites is 1. The van der Waals surface area contributed by atoms with E-state index < -0.39 is 0 Å². The Hall–Kier alpha value is -3.67. The fourth-order valence-electron chi connectivity index (χ4n) is 3.21. The molecule has 28 heavy (non-hydrogen) atoms. The molecule has 4 aromatic rings. The van der Waals surface area contributed by atoms with Crippen molar-refractivity contribution in [2.45, 2.75) is 13.3 Å². The highest BCUT2D eigenvalue weighted by molar-refractivity contribution is 5.89. The van der Waals surface area contributed by atoms with Crippen LogP contribution in [0.1, 0.15) is 12.5 Å². The molecule has 0 radical (unpaired) electrons. The lowest BCUT2D eigenvalue weighted by Gasteiger charge is -2.08. The first-order chi connectivity index (χ1) is 13.7. The second-order valence-corrected chi connectivity index (χ2v) is 6.59. The highest BCUT2D eigenvalue weighted by Gasteiger charge is 2.06. The molecular weight excluding hydrogens is 350 g/mol. The molecule has 1 amide bonds. The van der Waals surface area contributed by atoms with Gasteiger partial charge in [0.05, 0.1) is 18.1 Å². The van der Waals surface area contributed by atoms with E-state index in [1.54, 1.807) is 12.4 Å². The van der Waals surface area contributed by atoms with Crippen LogP contribution in [0.2, 0.25) is 0 Å². The van der Waals surface area contributed by atoms with Crippen molar-refractivity contribution in [2.24, 2.45) is 0 Å². The zero-order valence-corrected chi connectivity index (χ0v) is 15.6. The third-order valence-corrected chi connectivity index (χ3v) is 4.49. The zero-order chi connectivity index (χ0) is 19.3. The molecule has 0 spiro atoms. The number of nitrogens with one attached hydrogen (secondary N) is 3. The lowest BCUT2D eigenvalue weighted by atomic mass is 10.1. The number of fused-ring (bicyclic) bond motifs is 1. The van der Waals surface area contributed by atoms with E-state index in [0.717, 1.165) is 41.2 Å². The molecule has 2 heterocycles. The second-order valence-electron chi connectivity index (χ2n) is 6.59. The van der Waals surface area contributed by atoms with E-state index in [4.69, 9.17) is 0 Å². The first-order valence-electron chi connectivity index (χ1n) is 9.18. The quantitative estimate of drug-likeness (QED) is 0.473. The zero-order valence-electron chi connectivity index (χ0n) is 15.6. The maximum Gasteiger partial charge on any atom is 0.221 e. The summed E-state index contributed by atoms with van der Waals surface area (Å²) >= 11 is 0. The van der Waals surface area contributed by atoms with Gasteiger partial charge in [-0.3, -0.25) is 9.78 Å². The van der Waals surface area contributed by atoms with Crippen molar-refractivity contribution in [1.82, 2.24) is 15.0 Å². The fraction of sp³-hybridized carbons (Fsp3) is 0.136. The summed E-state index contributed by atoms with van der Waals surface area (Å²) in [6.07, 6.45) is 6.38. The molecule has 140 valence electrons. The third kappa shape index (κ3) is 4.01. The van der Waals surface area contributed by atoms with Crippen LogP contribution >= 0.6 is 0 Å². The number of carbonyl (C=O) groups is 1. The van der Waals surface area contributed by atoms with Gasteiger partial charge < -0.3 is 15.6 Å². The predicted octanol–water partition coefficient (Wildman–Crippen LogP) is 4.24. The average Bonchev–Trinajstić information content (AvgIpc) is 3.11. The van der Waals surface area contributed by atoms with Gasteiger partial charge in [-0.25, -0.2) is 4.98 Å². The minimum atomic E-state index is -0.101. The molecule has 0 aliphatic carbocycles. The number of hydrogen-bond acceptors (Lipinski definition) is 4. The Labute approximate surface area is 163 Å². The van der Waals surface area contributed by atoms with Crippen molar-refractivity contribution in [3.05, 3.63) is 72.7 Å². The van der Waals surface area contributed by atoms with Crippen LogP contribution in [0.15, 0.2) is 67.1 Å². The third-order valence-electron chi connectivity index (χ3n) is 4.49. The number of anilines is 2. The Morgan fingerprint density at radius 2 is 2.00 bits per heavy atom. The average molecular weight is 371 g/mol. The Bertz CT molecular complexity index is 1120. The summed E-state index contributed by atoms with van der Waals surface area (Å²) < 4.78 is 0. The van der Waals surface area contributed by atoms with Gasteiger partial charge in [-0.15, -0.1) is 0 Å². The fourth-order valence-corrected chi connectivity index (χ4v) is 3.21. The van der Waals surface area contributed by atoms with Crippen molar-refractivity contribution in [3.8, 4) is 11.3 Å². The number of amides is 1. The van der Waals surface area contributed by atoms with Crippen LogP contribution in [0.25, 0.3) is 22.2 Å². The van der Waals surface area contributed by atoms with Gasteiger partial charge in [0.15, 0.2) is 0 Å². The van der Waals surface area contributed by atoms with Crippen molar-refractivity contribution < 1.29 is 4.79 Å². The second kappa shape index (κ2) is 7.92. The van der Waals surface area contributed by atoms with Crippen LogP contribution in [0.3, 0.4) is 0 Å². The molecule has 2 aromatic heterocycles. The Morgan fingerprint density at radius 1 is 1.11 bits per heavy atom. The van der Waals surface area contributed by atoms with Gasteiger partial charge in [-0.1, -0.05) is 30.3 Å². The van der Waals surface area contributed by atoms with Crippen molar-refractivity contribution in [3.63, 3.8) is 0 Å². The van der Waals surface area contributed by atoms with Crippen molar-refractivity contribution >= 4 is 28.3 Å². The predicted molar refractivity (Wildman–Crippen MR) is 112 cm³/mol. The van der Waals surface area contributed by atoms with E-state index >= 15 is 0 Å². The molecule has 3 N–H and O–H groups in total. The van der Waals surface area contributed by atoms with Gasteiger partial charge in [0, 0.05) is 41.8 Å². The van der Waals surface area contributed by atoms with E-state index in [0.29, 0.717) is 0 Å². The lowest BCUT2D eigenvalue weighted by Crippen LogP contribution is -2.07. The lowest BCUT2D eigenvalue weighted by molar-refractivity contribution is -0.114. The van der Waals surface area contributed by atoms with Crippen LogP contribution in [-0.2, 0) is 11.2 Å². The van der Waals surface area contributed by atoms with Gasteiger partial charge in [-0.05, 0) is 30.2 Å². The molecule has 6 nitrogen and oxygen atoms in total. The van der Waals surface area contributed by atoms with Crippen molar-refractivity contribution in [1.29, 1.82) is 0 Å². The Kier molecular flexibility index (Phi) is 5.01. The number of H-pyrrole nitrogens is 1. The van der Waals surface area contributed by atoms with Gasteiger partial charge in [0.25, 0.3) is 0 Å². The molecule has 6 heteroatoms. The molecule has 0 unspecified atom stereocenters. The molecular formula is C22H21N5O. The minimum Gasteiger partial charge on any atom is -0.368 e. The summed E-state index contributed by atoms with van der Waals surface area (Å²) in [5.74, 6) is 0.623. The molecule has 0 fully saturated rings. The van der Waals surface area contributed by atoms with Gasteiger partial charge in [0.1, 0.15) is 5.82 Å². The molecule has 4 rings (SSSR count). The molecule has 0 aliphatic rings. The van der Waals surface area contributed by atoms with Crippen molar-refractivity contribution in [2.75, 3.05) is 17.2 Å². The molecule has 2 aromatic carbocycles. The van der Waals surface area contributed by atoms with Crippen LogP contribution in [0.5, 0.6) is 0 Å². The number of carbonyl (C=O) groups excluding carboxylic acids is 1. The van der Waals surface area contributed by atoms with E-state index in [9.17, 15) is 4.79 Å². The molecule has 0 saturated carbocycles. The molecule has 0 saturated heterocycles. The van der Waals surface area contributed by atoms with Crippen LogP contribution < -0.4 is 10.6 Å². The number of nitrogens with zero attached hydrogens (tertiary/aromatic N) is 2. The highest BCUT2D eigenvalue weighted by Crippen LogP contribution is 2.22. The van der Waals surface area contributed by atoms with E-state index in [2.05, 4.69) is 50.0 Å². The van der Waals surface area contributed by atoms with E-state index in [1.807, 2.05) is 30.3 Å². The van der Waals surface area contributed by atoms with E-state index in [1.165, 1.54) is 17.9 Å². The van der Waals surface area contributed by atoms with Gasteiger partial charge in [-0.2, -0.15) is 0 Å². The number of hydrogen-bond donors (Lipinski definition) is 3. The van der Waals surface area contributed by atoms with Crippen LogP contribution in [0, 0.1) is 0 Å². The summed E-state index contributed by atoms with van der Waals surface area (Å²) in [6.45, 7) is 2.25. The van der Waals surface area contributed by atoms with Crippen LogP contribution in [-0.4, -0.2) is 27.4 Å². The van der Waals surface area contributed by atoms with Gasteiger partial charge in [0.2, 0.25) is 5.91 Å². The summed E-state index contributed by atoms with van der Waals surface area (Å²) in [6, 6.07) is 15.9. The van der Waals surface area contributed by atoms with E-state index in [-0.39, 0.29) is 5.91 Å². The molecule has 0 aliphatic heterocycles. The normalized spacial score (nSPS) is 10.8. The number of benzene rings is 2. The summed E-state index contributed by atoms with van der Waals surface area (Å²) in [4.78, 5) is 23.5. The Morgan fingerprint density at radius 3 is 2.89 bits per heavy atom. The molecule has 0 bridgehead atoms.